The minimum Gasteiger partial charge on any atom is -0.545 e. The minimum atomic E-state index is -1.30. The lowest BCUT2D eigenvalue weighted by atomic mass is 10.1. The van der Waals surface area contributed by atoms with E-state index in [1.165, 1.54) is 22.7 Å². The number of rotatable bonds is 4. The van der Waals surface area contributed by atoms with Gasteiger partial charge in [0.15, 0.2) is 0 Å². The number of thiophene rings is 2. The normalized spacial score (nSPS) is 10.5. The molecule has 23 heavy (non-hydrogen) atoms. The Morgan fingerprint density at radius 2 is 1.96 bits per heavy atom. The van der Waals surface area contributed by atoms with Crippen molar-refractivity contribution in [1.29, 1.82) is 0 Å². The molecule has 1 N–H and O–H groups in total. The van der Waals surface area contributed by atoms with Crippen LogP contribution in [-0.4, -0.2) is 11.9 Å². The van der Waals surface area contributed by atoms with Gasteiger partial charge in [-0.05, 0) is 30.5 Å². The molecule has 0 saturated heterocycles. The van der Waals surface area contributed by atoms with Crippen LogP contribution in [0, 0.1) is 6.92 Å². The number of carboxylic acids is 1. The molecule has 0 fully saturated rings. The van der Waals surface area contributed by atoms with Crippen molar-refractivity contribution in [3.8, 4) is 10.4 Å². The van der Waals surface area contributed by atoms with Crippen LogP contribution in [0.2, 0.25) is 0 Å². The van der Waals surface area contributed by atoms with Gasteiger partial charge in [-0.1, -0.05) is 23.8 Å². The van der Waals surface area contributed by atoms with Crippen molar-refractivity contribution in [2.24, 2.45) is 0 Å². The lowest BCUT2D eigenvalue weighted by Gasteiger charge is -2.09. The molecule has 6 heteroatoms. The molecular formula is C17H12NO3S2-. The summed E-state index contributed by atoms with van der Waals surface area (Å²) in [6.07, 6.45) is 0. The predicted octanol–water partition coefficient (Wildman–Crippen LogP) is 3.40. The largest absolute Gasteiger partial charge is 0.545 e. The van der Waals surface area contributed by atoms with E-state index in [0.29, 0.717) is 16.1 Å². The Kier molecular flexibility index (Phi) is 4.27. The molecule has 0 unspecified atom stereocenters. The number of aromatic carboxylic acids is 1. The lowest BCUT2D eigenvalue weighted by molar-refractivity contribution is -0.254. The molecule has 3 aromatic rings. The number of aryl methyl sites for hydroxylation is 1. The number of hydrogen-bond donors (Lipinski definition) is 1. The number of amides is 1. The molecule has 0 radical (unpaired) electrons. The fraction of sp³-hybridized carbons (Fsp3) is 0.0588. The molecule has 0 spiro atoms. The minimum absolute atomic E-state index is 0.0263. The average molecular weight is 342 g/mol. The number of nitrogens with one attached hydrogen (secondary N) is 1. The van der Waals surface area contributed by atoms with Gasteiger partial charge in [0.2, 0.25) is 0 Å². The Labute approximate surface area is 141 Å². The lowest BCUT2D eigenvalue weighted by Crippen LogP contribution is -2.24. The summed E-state index contributed by atoms with van der Waals surface area (Å²) in [7, 11) is 0. The Morgan fingerprint density at radius 1 is 1.13 bits per heavy atom. The van der Waals surface area contributed by atoms with E-state index in [-0.39, 0.29) is 11.5 Å². The Morgan fingerprint density at radius 3 is 2.61 bits per heavy atom. The maximum Gasteiger partial charge on any atom is 0.256 e. The number of anilines is 1. The summed E-state index contributed by atoms with van der Waals surface area (Å²) in [5.74, 6) is -1.63. The first kappa shape index (κ1) is 15.5. The van der Waals surface area contributed by atoms with Crippen LogP contribution in [-0.2, 0) is 0 Å². The average Bonchev–Trinajstić information content (AvgIpc) is 3.15. The van der Waals surface area contributed by atoms with Crippen molar-refractivity contribution in [3.05, 3.63) is 63.8 Å². The quantitative estimate of drug-likeness (QED) is 0.790. The van der Waals surface area contributed by atoms with Gasteiger partial charge in [-0.3, -0.25) is 4.79 Å². The Balaban J connectivity index is 1.94. The summed E-state index contributed by atoms with van der Waals surface area (Å²) in [6.45, 7) is 1.89. The monoisotopic (exact) mass is 342 g/mol. The molecule has 0 bridgehead atoms. The second kappa shape index (κ2) is 6.36. The first-order chi connectivity index (χ1) is 11.1. The van der Waals surface area contributed by atoms with Gasteiger partial charge < -0.3 is 15.2 Å². The zero-order chi connectivity index (χ0) is 16.4. The molecule has 1 aromatic carbocycles. The Hall–Kier alpha value is -2.44. The molecule has 116 valence electrons. The van der Waals surface area contributed by atoms with E-state index in [1.807, 2.05) is 30.5 Å². The van der Waals surface area contributed by atoms with E-state index in [1.54, 1.807) is 23.6 Å². The van der Waals surface area contributed by atoms with Crippen LogP contribution in [0.1, 0.15) is 26.3 Å². The SMILES string of the molecule is Cc1cccc(C(=O)Nc2scc(-c3cccs3)c2C(=O)[O-])c1. The molecule has 0 atom stereocenters. The molecular weight excluding hydrogens is 330 g/mol. The van der Waals surface area contributed by atoms with E-state index < -0.39 is 5.97 Å². The van der Waals surface area contributed by atoms with Crippen LogP contribution in [0.15, 0.2) is 47.2 Å². The van der Waals surface area contributed by atoms with E-state index in [4.69, 9.17) is 0 Å². The topological polar surface area (TPSA) is 69.2 Å². The first-order valence-corrected chi connectivity index (χ1v) is 8.57. The van der Waals surface area contributed by atoms with Crippen molar-refractivity contribution < 1.29 is 14.7 Å². The summed E-state index contributed by atoms with van der Waals surface area (Å²) in [4.78, 5) is 24.7. The molecule has 0 saturated carbocycles. The van der Waals surface area contributed by atoms with Crippen LogP contribution in [0.5, 0.6) is 0 Å². The van der Waals surface area contributed by atoms with Gasteiger partial charge in [-0.2, -0.15) is 0 Å². The highest BCUT2D eigenvalue weighted by Gasteiger charge is 2.17. The smallest absolute Gasteiger partial charge is 0.256 e. The fourth-order valence-electron chi connectivity index (χ4n) is 2.23. The number of carbonyl (C=O) groups excluding carboxylic acids is 2. The number of carboxylic acid groups (broad SMARTS) is 1. The van der Waals surface area contributed by atoms with Crippen LogP contribution >= 0.6 is 22.7 Å². The van der Waals surface area contributed by atoms with Crippen molar-refractivity contribution in [2.75, 3.05) is 5.32 Å². The molecule has 2 heterocycles. The van der Waals surface area contributed by atoms with Crippen LogP contribution < -0.4 is 10.4 Å². The van der Waals surface area contributed by atoms with Crippen molar-refractivity contribution in [2.45, 2.75) is 6.92 Å². The molecule has 4 nitrogen and oxygen atoms in total. The molecule has 2 aromatic heterocycles. The summed E-state index contributed by atoms with van der Waals surface area (Å²) < 4.78 is 0. The van der Waals surface area contributed by atoms with Gasteiger partial charge in [0.25, 0.3) is 5.91 Å². The van der Waals surface area contributed by atoms with Gasteiger partial charge in [0.1, 0.15) is 5.00 Å². The molecule has 0 aliphatic heterocycles. The fourth-order valence-corrected chi connectivity index (χ4v) is 3.99. The summed E-state index contributed by atoms with van der Waals surface area (Å²) in [6, 6.07) is 10.8. The highest BCUT2D eigenvalue weighted by molar-refractivity contribution is 7.17. The maximum atomic E-state index is 12.3. The van der Waals surface area contributed by atoms with Crippen molar-refractivity contribution in [1.82, 2.24) is 0 Å². The third-order valence-corrected chi connectivity index (χ3v) is 5.09. The second-order valence-electron chi connectivity index (χ2n) is 4.94. The number of hydrogen-bond acceptors (Lipinski definition) is 5. The molecule has 3 rings (SSSR count). The summed E-state index contributed by atoms with van der Waals surface area (Å²) in [5.41, 5.74) is 2.05. The maximum absolute atomic E-state index is 12.3. The van der Waals surface area contributed by atoms with Gasteiger partial charge in [-0.15, -0.1) is 22.7 Å². The van der Waals surface area contributed by atoms with E-state index >= 15 is 0 Å². The standard InChI is InChI=1S/C17H13NO3S2/c1-10-4-2-5-11(8-10)15(19)18-16-14(17(20)21)12(9-23-16)13-6-3-7-22-13/h2-9H,1H3,(H,18,19)(H,20,21)/p-1. The summed E-state index contributed by atoms with van der Waals surface area (Å²) >= 11 is 2.62. The highest BCUT2D eigenvalue weighted by Crippen LogP contribution is 2.37. The Bertz CT molecular complexity index is 866. The zero-order valence-electron chi connectivity index (χ0n) is 12.2. The van der Waals surface area contributed by atoms with Gasteiger partial charge in [0.05, 0.1) is 5.97 Å². The second-order valence-corrected chi connectivity index (χ2v) is 6.77. The van der Waals surface area contributed by atoms with Crippen LogP contribution in [0.3, 0.4) is 0 Å². The zero-order valence-corrected chi connectivity index (χ0v) is 13.8. The van der Waals surface area contributed by atoms with Gasteiger partial charge >= 0.3 is 0 Å². The van der Waals surface area contributed by atoms with Gasteiger partial charge in [-0.25, -0.2) is 0 Å². The third kappa shape index (κ3) is 3.18. The summed E-state index contributed by atoms with van der Waals surface area (Å²) in [5, 5.41) is 18.1. The van der Waals surface area contributed by atoms with Crippen LogP contribution in [0.4, 0.5) is 5.00 Å². The first-order valence-electron chi connectivity index (χ1n) is 6.81. The highest BCUT2D eigenvalue weighted by atomic mass is 32.1. The van der Waals surface area contributed by atoms with E-state index in [0.717, 1.165) is 10.4 Å². The van der Waals surface area contributed by atoms with E-state index in [2.05, 4.69) is 5.32 Å². The molecule has 0 aliphatic carbocycles. The number of benzene rings is 1. The van der Waals surface area contributed by atoms with Crippen LogP contribution in [0.25, 0.3) is 10.4 Å². The van der Waals surface area contributed by atoms with Crippen molar-refractivity contribution >= 4 is 39.6 Å². The third-order valence-electron chi connectivity index (χ3n) is 3.29. The van der Waals surface area contributed by atoms with Crippen molar-refractivity contribution in [3.63, 3.8) is 0 Å². The molecule has 1 amide bonds. The molecule has 0 aliphatic rings. The number of carbonyl (C=O) groups is 2. The predicted molar refractivity (Wildman–Crippen MR) is 91.1 cm³/mol. The van der Waals surface area contributed by atoms with E-state index in [9.17, 15) is 14.7 Å². The van der Waals surface area contributed by atoms with Gasteiger partial charge in [0, 0.05) is 26.9 Å².